The number of likely N-dealkylation sites (N-methyl/N-ethyl adjacent to an activating group) is 1. The fourth-order valence-electron chi connectivity index (χ4n) is 2.86. The number of benzene rings is 1. The van der Waals surface area contributed by atoms with Crippen molar-refractivity contribution in [1.82, 2.24) is 16.1 Å². The summed E-state index contributed by atoms with van der Waals surface area (Å²) in [4.78, 5) is 24.5. The Kier molecular flexibility index (Phi) is 6.56. The van der Waals surface area contributed by atoms with Gasteiger partial charge in [-0.05, 0) is 31.3 Å². The Morgan fingerprint density at radius 3 is 2.37 bits per heavy atom. The van der Waals surface area contributed by atoms with Crippen LogP contribution in [0.4, 0.5) is 0 Å². The number of rotatable bonds is 6. The quantitative estimate of drug-likeness (QED) is 0.222. The first-order valence-corrected chi connectivity index (χ1v) is 9.93. The molecule has 10 heteroatoms. The maximum atomic E-state index is 12.5. The number of carbonyl (C=O) groups excluding carboxylic acids is 2. The molecule has 1 unspecified atom stereocenters. The number of nitrogens with one attached hydrogen (secondary N) is 3. The van der Waals surface area contributed by atoms with Crippen LogP contribution in [0.15, 0.2) is 24.3 Å². The first-order chi connectivity index (χ1) is 12.8. The van der Waals surface area contributed by atoms with Crippen molar-refractivity contribution in [2.75, 3.05) is 25.2 Å². The summed E-state index contributed by atoms with van der Waals surface area (Å²) in [6.45, 7) is -0.0370. The second-order valence-corrected chi connectivity index (χ2v) is 8.24. The van der Waals surface area contributed by atoms with Gasteiger partial charge in [0.2, 0.25) is 0 Å². The van der Waals surface area contributed by atoms with Crippen molar-refractivity contribution in [3.8, 4) is 11.8 Å². The van der Waals surface area contributed by atoms with Crippen LogP contribution in [0.2, 0.25) is 0 Å². The minimum Gasteiger partial charge on any atom is -0.395 e. The highest BCUT2D eigenvalue weighted by molar-refractivity contribution is 7.93. The Balaban J connectivity index is 2.17. The molecule has 1 aliphatic heterocycles. The molecule has 1 saturated heterocycles. The molecule has 0 aliphatic carbocycles. The third-order valence-corrected chi connectivity index (χ3v) is 6.18. The third-order valence-electron chi connectivity index (χ3n) is 4.27. The molecule has 1 atom stereocenters. The van der Waals surface area contributed by atoms with Gasteiger partial charge >= 0.3 is 0 Å². The zero-order valence-electron chi connectivity index (χ0n) is 14.7. The molecule has 27 heavy (non-hydrogen) atoms. The molecule has 1 heterocycles. The van der Waals surface area contributed by atoms with Crippen molar-refractivity contribution >= 4 is 21.7 Å². The summed E-state index contributed by atoms with van der Waals surface area (Å²) in [5.74, 6) is 3.39. The number of carbonyl (C=O) groups is 2. The first kappa shape index (κ1) is 20.9. The summed E-state index contributed by atoms with van der Waals surface area (Å²) in [6.07, 6.45) is 0.342. The topological polar surface area (TPSA) is 145 Å². The second-order valence-electron chi connectivity index (χ2n) is 6.17. The van der Waals surface area contributed by atoms with Crippen molar-refractivity contribution in [2.24, 2.45) is 0 Å². The van der Waals surface area contributed by atoms with Gasteiger partial charge in [0.15, 0.2) is 9.84 Å². The van der Waals surface area contributed by atoms with Gasteiger partial charge in [-0.1, -0.05) is 11.8 Å². The van der Waals surface area contributed by atoms with Crippen LogP contribution in [0.3, 0.4) is 0 Å². The van der Waals surface area contributed by atoms with Gasteiger partial charge < -0.3 is 15.7 Å². The maximum absolute atomic E-state index is 12.5. The second kappa shape index (κ2) is 8.49. The number of hydroxylamine groups is 1. The molecule has 0 radical (unpaired) electrons. The van der Waals surface area contributed by atoms with E-state index in [1.807, 2.05) is 0 Å². The summed E-state index contributed by atoms with van der Waals surface area (Å²) in [6, 6.07) is 4.96. The molecule has 1 aliphatic rings. The summed E-state index contributed by atoms with van der Waals surface area (Å²) >= 11 is 0. The van der Waals surface area contributed by atoms with Crippen LogP contribution in [0.25, 0.3) is 0 Å². The van der Waals surface area contributed by atoms with Gasteiger partial charge in [-0.2, -0.15) is 0 Å². The zero-order chi connectivity index (χ0) is 20.1. The molecule has 0 bridgehead atoms. The molecular formula is C17H21N3O6S. The Hall–Kier alpha value is -2.45. The van der Waals surface area contributed by atoms with E-state index in [1.54, 1.807) is 12.1 Å². The van der Waals surface area contributed by atoms with Crippen molar-refractivity contribution in [3.63, 3.8) is 0 Å². The van der Waals surface area contributed by atoms with E-state index in [4.69, 9.17) is 10.3 Å². The van der Waals surface area contributed by atoms with E-state index in [0.29, 0.717) is 12.0 Å². The minimum absolute atomic E-state index is 0.0370. The molecule has 1 aromatic rings. The van der Waals surface area contributed by atoms with Gasteiger partial charge in [-0.3, -0.25) is 14.8 Å². The lowest BCUT2D eigenvalue weighted by atomic mass is 9.92. The van der Waals surface area contributed by atoms with Gasteiger partial charge in [-0.15, -0.1) is 0 Å². The number of hydrogen-bond acceptors (Lipinski definition) is 7. The summed E-state index contributed by atoms with van der Waals surface area (Å²) in [7, 11) is -1.83. The molecule has 2 rings (SSSR count). The first-order valence-electron chi connectivity index (χ1n) is 8.11. The van der Waals surface area contributed by atoms with E-state index in [0.717, 1.165) is 0 Å². The van der Waals surface area contributed by atoms with E-state index < -0.39 is 33.2 Å². The third kappa shape index (κ3) is 4.84. The molecule has 146 valence electrons. The van der Waals surface area contributed by atoms with Crippen LogP contribution in [0.1, 0.15) is 22.3 Å². The number of sulfone groups is 1. The Morgan fingerprint density at radius 2 is 1.89 bits per heavy atom. The summed E-state index contributed by atoms with van der Waals surface area (Å²) < 4.78 is 23.2. The predicted octanol–water partition coefficient (Wildman–Crippen LogP) is -1.59. The normalized spacial score (nSPS) is 17.6. The number of hydrogen-bond donors (Lipinski definition) is 5. The number of aliphatic hydroxyl groups excluding tert-OH is 1. The SMILES string of the molecule is CNC1(C(NC(=O)c2ccc(C#CCCO)cc2)C(=O)NO)CS(=O)(=O)C1. The lowest BCUT2D eigenvalue weighted by Gasteiger charge is -2.45. The van der Waals surface area contributed by atoms with Crippen LogP contribution < -0.4 is 16.1 Å². The Labute approximate surface area is 157 Å². The monoisotopic (exact) mass is 395 g/mol. The molecule has 0 aromatic heterocycles. The molecule has 1 fully saturated rings. The number of aliphatic hydroxyl groups is 1. The highest BCUT2D eigenvalue weighted by atomic mass is 32.2. The molecule has 5 N–H and O–H groups in total. The molecule has 0 spiro atoms. The molecular weight excluding hydrogens is 374 g/mol. The largest absolute Gasteiger partial charge is 0.395 e. The van der Waals surface area contributed by atoms with Crippen molar-refractivity contribution in [3.05, 3.63) is 35.4 Å². The minimum atomic E-state index is -3.31. The van der Waals surface area contributed by atoms with E-state index >= 15 is 0 Å². The Bertz CT molecular complexity index is 858. The van der Waals surface area contributed by atoms with Gasteiger partial charge in [0, 0.05) is 17.5 Å². The van der Waals surface area contributed by atoms with Gasteiger partial charge in [-0.25, -0.2) is 13.9 Å². The van der Waals surface area contributed by atoms with Crippen molar-refractivity contribution < 1.29 is 28.3 Å². The van der Waals surface area contributed by atoms with Gasteiger partial charge in [0.05, 0.1) is 23.7 Å². The lowest BCUT2D eigenvalue weighted by molar-refractivity contribution is -0.133. The predicted molar refractivity (Wildman–Crippen MR) is 96.7 cm³/mol. The van der Waals surface area contributed by atoms with Crippen molar-refractivity contribution in [1.29, 1.82) is 0 Å². The van der Waals surface area contributed by atoms with E-state index in [2.05, 4.69) is 22.5 Å². The summed E-state index contributed by atoms with van der Waals surface area (Å²) in [5, 5.41) is 22.9. The average molecular weight is 395 g/mol. The van der Waals surface area contributed by atoms with Crippen LogP contribution in [0.5, 0.6) is 0 Å². The number of amides is 2. The Morgan fingerprint density at radius 1 is 1.26 bits per heavy atom. The molecule has 0 saturated carbocycles. The fraction of sp³-hybridized carbons (Fsp3) is 0.412. The van der Waals surface area contributed by atoms with Gasteiger partial charge in [0.1, 0.15) is 6.04 Å². The van der Waals surface area contributed by atoms with E-state index in [9.17, 15) is 18.0 Å². The molecule has 2 amide bonds. The van der Waals surface area contributed by atoms with Crippen LogP contribution >= 0.6 is 0 Å². The van der Waals surface area contributed by atoms with Crippen LogP contribution in [-0.2, 0) is 14.6 Å². The average Bonchev–Trinajstić information content (AvgIpc) is 2.63. The highest BCUT2D eigenvalue weighted by Gasteiger charge is 2.55. The summed E-state index contributed by atoms with van der Waals surface area (Å²) in [5.41, 5.74) is 1.17. The zero-order valence-corrected chi connectivity index (χ0v) is 15.5. The smallest absolute Gasteiger partial charge is 0.267 e. The maximum Gasteiger partial charge on any atom is 0.267 e. The highest BCUT2D eigenvalue weighted by Crippen LogP contribution is 2.27. The molecule has 1 aromatic carbocycles. The van der Waals surface area contributed by atoms with Crippen LogP contribution in [0, 0.1) is 11.8 Å². The fourth-order valence-corrected chi connectivity index (χ4v) is 4.96. The van der Waals surface area contributed by atoms with E-state index in [-0.39, 0.29) is 23.7 Å². The standard InChI is InChI=1S/C17H21N3O6S/c1-18-17(10-27(25,26)11-17)14(16(23)20-24)19-15(22)13-7-5-12(6-8-13)4-2-3-9-21/h5-8,14,18,21,24H,3,9-11H2,1H3,(H,19,22)(H,20,23). The van der Waals surface area contributed by atoms with Crippen LogP contribution in [-0.4, -0.2) is 67.3 Å². The molecule has 9 nitrogen and oxygen atoms in total. The van der Waals surface area contributed by atoms with E-state index in [1.165, 1.54) is 24.7 Å². The lowest BCUT2D eigenvalue weighted by Crippen LogP contribution is -2.76. The van der Waals surface area contributed by atoms with Gasteiger partial charge in [0.25, 0.3) is 11.8 Å². The van der Waals surface area contributed by atoms with Crippen molar-refractivity contribution in [2.45, 2.75) is 18.0 Å².